The molecule has 3 aromatic rings. The molecule has 1 unspecified atom stereocenters. The highest BCUT2D eigenvalue weighted by Crippen LogP contribution is 2.40. The van der Waals surface area contributed by atoms with Gasteiger partial charge in [0.25, 0.3) is 0 Å². The summed E-state index contributed by atoms with van der Waals surface area (Å²) < 4.78 is 25.7. The summed E-state index contributed by atoms with van der Waals surface area (Å²) in [5, 5.41) is 14.0. The molecular weight excluding hydrogens is 415 g/mol. The average molecular weight is 438 g/mol. The molecule has 32 heavy (non-hydrogen) atoms. The molecule has 8 nitrogen and oxygen atoms in total. The lowest BCUT2D eigenvalue weighted by atomic mass is 9.94. The average Bonchev–Trinajstić information content (AvgIpc) is 3.41. The molecule has 5 rings (SSSR count). The van der Waals surface area contributed by atoms with Crippen LogP contribution in [0, 0.1) is 12.7 Å². The summed E-state index contributed by atoms with van der Waals surface area (Å²) in [6, 6.07) is 3.27. The Kier molecular flexibility index (Phi) is 5.15. The van der Waals surface area contributed by atoms with E-state index in [0.29, 0.717) is 48.8 Å². The van der Waals surface area contributed by atoms with Crippen molar-refractivity contribution < 1.29 is 23.8 Å². The predicted molar refractivity (Wildman–Crippen MR) is 117 cm³/mol. The maximum absolute atomic E-state index is 15.2. The number of hydrogen-bond donors (Lipinski definition) is 3. The number of anilines is 2. The van der Waals surface area contributed by atoms with E-state index in [0.717, 1.165) is 16.8 Å². The molecular formula is C23H23FN4O4. The Labute approximate surface area is 183 Å². The van der Waals surface area contributed by atoms with Crippen molar-refractivity contribution in [2.45, 2.75) is 38.4 Å². The van der Waals surface area contributed by atoms with Crippen LogP contribution < -0.4 is 11.1 Å². The third kappa shape index (κ3) is 3.53. The van der Waals surface area contributed by atoms with Crippen molar-refractivity contribution in [3.05, 3.63) is 47.2 Å². The second kappa shape index (κ2) is 7.99. The van der Waals surface area contributed by atoms with Crippen molar-refractivity contribution in [1.82, 2.24) is 9.97 Å². The number of ether oxygens (including phenoxy) is 2. The maximum atomic E-state index is 15.2. The Hall–Kier alpha value is -3.30. The predicted octanol–water partition coefficient (Wildman–Crippen LogP) is 3.64. The van der Waals surface area contributed by atoms with Gasteiger partial charge in [0, 0.05) is 46.6 Å². The highest BCUT2D eigenvalue weighted by molar-refractivity contribution is 5.99. The summed E-state index contributed by atoms with van der Waals surface area (Å²) in [7, 11) is 0. The number of carbonyl (C=O) groups excluding carboxylic acids is 1. The molecule has 1 fully saturated rings. The maximum Gasteiger partial charge on any atom is 0.413 e. The van der Waals surface area contributed by atoms with E-state index in [1.807, 2.05) is 6.92 Å². The fourth-order valence-electron chi connectivity index (χ4n) is 4.45. The van der Waals surface area contributed by atoms with Crippen molar-refractivity contribution >= 4 is 28.4 Å². The molecule has 0 radical (unpaired) electrons. The van der Waals surface area contributed by atoms with Gasteiger partial charge in [-0.25, -0.2) is 14.2 Å². The molecule has 1 aromatic carbocycles. The number of nitrogens with one attached hydrogen (secondary N) is 1. The number of aryl methyl sites for hydroxylation is 1. The standard InChI is InChI=1S/C23H23FN4O4/c1-11-15(8-26-17-2-3-18(29)20(11)17)14-6-12-7-19(27-9-16(12)22(25)21(14)24)28-23(30)32-13-4-5-31-10-13/h6-9,13,18,29H,2-5,10,25H2,1H3,(H,27,28,30)/t13-,18?/m1/s1. The van der Waals surface area contributed by atoms with Gasteiger partial charge in [0.2, 0.25) is 0 Å². The molecule has 1 aliphatic carbocycles. The Balaban J connectivity index is 1.51. The van der Waals surface area contributed by atoms with Crippen LogP contribution in [0.4, 0.5) is 20.7 Å². The van der Waals surface area contributed by atoms with Gasteiger partial charge in [0.05, 0.1) is 25.0 Å². The topological polar surface area (TPSA) is 120 Å². The number of aliphatic hydroxyl groups excluding tert-OH is 1. The van der Waals surface area contributed by atoms with E-state index in [4.69, 9.17) is 15.2 Å². The second-order valence-corrected chi connectivity index (χ2v) is 8.17. The molecule has 2 aromatic heterocycles. The van der Waals surface area contributed by atoms with Gasteiger partial charge in [-0.2, -0.15) is 0 Å². The number of hydrogen-bond acceptors (Lipinski definition) is 7. The number of fused-ring (bicyclic) bond motifs is 2. The molecule has 2 atom stereocenters. The number of aliphatic hydroxyl groups is 1. The van der Waals surface area contributed by atoms with Gasteiger partial charge >= 0.3 is 6.09 Å². The summed E-state index contributed by atoms with van der Waals surface area (Å²) in [5.41, 5.74) is 9.30. The number of halogens is 1. The van der Waals surface area contributed by atoms with E-state index in [1.165, 1.54) is 6.20 Å². The van der Waals surface area contributed by atoms with E-state index in [1.54, 1.807) is 18.3 Å². The van der Waals surface area contributed by atoms with Crippen LogP contribution in [0.5, 0.6) is 0 Å². The van der Waals surface area contributed by atoms with Crippen LogP contribution in [-0.4, -0.2) is 40.5 Å². The monoisotopic (exact) mass is 438 g/mol. The quantitative estimate of drug-likeness (QED) is 0.534. The van der Waals surface area contributed by atoms with Crippen LogP contribution >= 0.6 is 0 Å². The second-order valence-electron chi connectivity index (χ2n) is 8.17. The highest BCUT2D eigenvalue weighted by atomic mass is 19.1. The number of benzene rings is 1. The van der Waals surface area contributed by atoms with Crippen LogP contribution in [-0.2, 0) is 15.9 Å². The van der Waals surface area contributed by atoms with Crippen molar-refractivity contribution in [2.75, 3.05) is 24.3 Å². The van der Waals surface area contributed by atoms with Crippen LogP contribution in [0.25, 0.3) is 21.9 Å². The zero-order valence-corrected chi connectivity index (χ0v) is 17.5. The van der Waals surface area contributed by atoms with E-state index >= 15 is 4.39 Å². The molecule has 4 N–H and O–H groups in total. The Morgan fingerprint density at radius 2 is 2.12 bits per heavy atom. The first-order valence-corrected chi connectivity index (χ1v) is 10.5. The van der Waals surface area contributed by atoms with Crippen molar-refractivity contribution in [3.63, 3.8) is 0 Å². The number of nitrogen functional groups attached to an aromatic ring is 1. The number of nitrogens with two attached hydrogens (primary N) is 1. The lowest BCUT2D eigenvalue weighted by molar-refractivity contribution is 0.0931. The molecule has 2 aliphatic rings. The van der Waals surface area contributed by atoms with Crippen molar-refractivity contribution in [1.29, 1.82) is 0 Å². The van der Waals surface area contributed by atoms with Crippen molar-refractivity contribution in [2.24, 2.45) is 0 Å². The molecule has 1 saturated heterocycles. The van der Waals surface area contributed by atoms with E-state index < -0.39 is 18.0 Å². The first kappa shape index (κ1) is 20.6. The first-order valence-electron chi connectivity index (χ1n) is 10.5. The number of amides is 1. The molecule has 1 amide bonds. The molecule has 9 heteroatoms. The van der Waals surface area contributed by atoms with E-state index in [2.05, 4.69) is 15.3 Å². The van der Waals surface area contributed by atoms with Gasteiger partial charge in [-0.15, -0.1) is 0 Å². The van der Waals surface area contributed by atoms with E-state index in [9.17, 15) is 9.90 Å². The Morgan fingerprint density at radius 3 is 2.91 bits per heavy atom. The fourth-order valence-corrected chi connectivity index (χ4v) is 4.45. The van der Waals surface area contributed by atoms with Crippen LogP contribution in [0.2, 0.25) is 0 Å². The molecule has 0 saturated carbocycles. The minimum Gasteiger partial charge on any atom is -0.443 e. The summed E-state index contributed by atoms with van der Waals surface area (Å²) in [6.45, 7) is 2.79. The summed E-state index contributed by atoms with van der Waals surface area (Å²) in [5.74, 6) is -0.310. The number of rotatable bonds is 3. The molecule has 0 spiro atoms. The molecule has 0 bridgehead atoms. The number of nitrogens with zero attached hydrogens (tertiary/aromatic N) is 2. The molecule has 3 heterocycles. The zero-order chi connectivity index (χ0) is 22.4. The molecule has 1 aliphatic heterocycles. The number of aromatic nitrogens is 2. The minimum atomic E-state index is -0.629. The zero-order valence-electron chi connectivity index (χ0n) is 17.5. The third-order valence-corrected chi connectivity index (χ3v) is 6.14. The van der Waals surface area contributed by atoms with Crippen LogP contribution in [0.3, 0.4) is 0 Å². The van der Waals surface area contributed by atoms with E-state index in [-0.39, 0.29) is 23.2 Å². The minimum absolute atomic E-state index is 0.0392. The fraction of sp³-hybridized carbons (Fsp3) is 0.348. The Bertz CT molecular complexity index is 1230. The lowest BCUT2D eigenvalue weighted by Crippen LogP contribution is -2.22. The smallest absolute Gasteiger partial charge is 0.413 e. The summed E-state index contributed by atoms with van der Waals surface area (Å²) >= 11 is 0. The first-order chi connectivity index (χ1) is 15.4. The largest absolute Gasteiger partial charge is 0.443 e. The number of pyridine rings is 2. The third-order valence-electron chi connectivity index (χ3n) is 6.14. The van der Waals surface area contributed by atoms with Crippen LogP contribution in [0.15, 0.2) is 24.5 Å². The highest BCUT2D eigenvalue weighted by Gasteiger charge is 2.26. The van der Waals surface area contributed by atoms with Gasteiger partial charge in [0.15, 0.2) is 5.82 Å². The summed E-state index contributed by atoms with van der Waals surface area (Å²) in [6.07, 6.45) is 3.49. The van der Waals surface area contributed by atoms with Gasteiger partial charge in [0.1, 0.15) is 11.9 Å². The van der Waals surface area contributed by atoms with Gasteiger partial charge < -0.3 is 20.3 Å². The number of carbonyl (C=O) groups is 1. The van der Waals surface area contributed by atoms with Gasteiger partial charge in [-0.05, 0) is 42.8 Å². The van der Waals surface area contributed by atoms with Crippen LogP contribution in [0.1, 0.15) is 35.8 Å². The van der Waals surface area contributed by atoms with Crippen molar-refractivity contribution in [3.8, 4) is 11.1 Å². The Morgan fingerprint density at radius 1 is 1.28 bits per heavy atom. The SMILES string of the molecule is Cc1c(-c2cc3cc(NC(=O)O[C@@H]4CCOC4)ncc3c(N)c2F)cnc2c1C(O)CC2. The van der Waals surface area contributed by atoms with Gasteiger partial charge in [-0.1, -0.05) is 0 Å². The lowest BCUT2D eigenvalue weighted by Gasteiger charge is -2.16. The summed E-state index contributed by atoms with van der Waals surface area (Å²) in [4.78, 5) is 20.8. The molecule has 166 valence electrons. The normalized spacial score (nSPS) is 19.8. The van der Waals surface area contributed by atoms with Gasteiger partial charge in [-0.3, -0.25) is 10.3 Å².